The van der Waals surface area contributed by atoms with E-state index in [1.54, 1.807) is 31.2 Å². The summed E-state index contributed by atoms with van der Waals surface area (Å²) in [6, 6.07) is 31.9. The van der Waals surface area contributed by atoms with Gasteiger partial charge in [0.05, 0.1) is 22.0 Å². The molecule has 0 fully saturated rings. The van der Waals surface area contributed by atoms with Gasteiger partial charge < -0.3 is 4.43 Å². The van der Waals surface area contributed by atoms with E-state index in [9.17, 15) is 8.42 Å². The molecule has 2 aromatic heterocycles. The Hall–Kier alpha value is -3.96. The number of pyridine rings is 1. The fourth-order valence-electron chi connectivity index (χ4n) is 5.30. The summed E-state index contributed by atoms with van der Waals surface area (Å²) in [5.74, 6) is 0. The van der Waals surface area contributed by atoms with E-state index in [4.69, 9.17) is 4.43 Å². The molecule has 0 aliphatic heterocycles. The van der Waals surface area contributed by atoms with E-state index in [-0.39, 0.29) is 9.93 Å². The van der Waals surface area contributed by atoms with Gasteiger partial charge in [-0.05, 0) is 59.4 Å². The number of nitrogens with one attached hydrogen (secondary N) is 1. The van der Waals surface area contributed by atoms with E-state index < -0.39 is 18.3 Å². The van der Waals surface area contributed by atoms with Crippen LogP contribution < -0.4 is 15.2 Å². The van der Waals surface area contributed by atoms with Crippen molar-refractivity contribution in [2.75, 3.05) is 6.61 Å². The third-order valence-corrected chi connectivity index (χ3v) is 14.8. The van der Waals surface area contributed by atoms with Gasteiger partial charge in [0.25, 0.3) is 18.3 Å². The molecule has 5 aromatic rings. The molecule has 0 saturated heterocycles. The topological polar surface area (TPSA) is 93.5 Å². The Morgan fingerprint density at radius 3 is 2.09 bits per heavy atom. The lowest BCUT2D eigenvalue weighted by Gasteiger charge is -2.43. The molecular formula is C35H38N4O3S2Si. The van der Waals surface area contributed by atoms with Crippen LogP contribution in [0, 0.1) is 6.92 Å². The highest BCUT2D eigenvalue weighted by Crippen LogP contribution is 2.36. The second-order valence-electron chi connectivity index (χ2n) is 12.0. The average Bonchev–Trinajstić information content (AvgIpc) is 3.53. The predicted molar refractivity (Wildman–Crippen MR) is 186 cm³/mol. The lowest BCUT2D eigenvalue weighted by atomic mass is 10.2. The number of thiazole rings is 1. The van der Waals surface area contributed by atoms with Crippen molar-refractivity contribution < 1.29 is 12.8 Å². The lowest BCUT2D eigenvalue weighted by molar-refractivity contribution is 0.301. The standard InChI is InChI=1S/C35H38N4O3S2Si/c1-26-16-19-29(20-17-26)44(40,41)39-38-27(2)33-25-43-34(37-33)32-21-18-28(24-36-32)22-23-42-45(35(3,4)5,30-12-8-6-9-13-30)31-14-10-7-11-15-31/h6-21,24-25,39H,22-23H2,1-5H3. The van der Waals surface area contributed by atoms with E-state index in [0.29, 0.717) is 18.0 Å². The highest BCUT2D eigenvalue weighted by Gasteiger charge is 2.49. The van der Waals surface area contributed by atoms with Crippen molar-refractivity contribution in [3.05, 3.63) is 125 Å². The number of rotatable bonds is 11. The zero-order valence-corrected chi connectivity index (χ0v) is 28.8. The smallest absolute Gasteiger partial charge is 0.276 e. The van der Waals surface area contributed by atoms with Crippen LogP contribution in [0.4, 0.5) is 0 Å². The van der Waals surface area contributed by atoms with Crippen LogP contribution in [0.3, 0.4) is 0 Å². The molecule has 5 rings (SSSR count). The molecule has 0 atom stereocenters. The van der Waals surface area contributed by atoms with Gasteiger partial charge in [0.2, 0.25) is 0 Å². The van der Waals surface area contributed by atoms with Crippen LogP contribution in [0.15, 0.2) is 119 Å². The van der Waals surface area contributed by atoms with Crippen LogP contribution in [0.5, 0.6) is 0 Å². The Morgan fingerprint density at radius 1 is 0.911 bits per heavy atom. The molecule has 10 heteroatoms. The maximum atomic E-state index is 12.6. The molecule has 0 unspecified atom stereocenters. The third-order valence-electron chi connectivity index (χ3n) is 7.71. The number of hydrogen-bond acceptors (Lipinski definition) is 7. The Morgan fingerprint density at radius 2 is 1.53 bits per heavy atom. The van der Waals surface area contributed by atoms with Crippen molar-refractivity contribution in [1.82, 2.24) is 14.8 Å². The van der Waals surface area contributed by atoms with Gasteiger partial charge in [-0.2, -0.15) is 18.4 Å². The average molecular weight is 655 g/mol. The first-order chi connectivity index (χ1) is 21.5. The SMILES string of the molecule is CC(=NNS(=O)(=O)c1ccc(C)cc1)c1csc(-c2ccc(CCO[Si](c3ccccc3)(c3ccccc3)C(C)(C)C)cn2)n1. The summed E-state index contributed by atoms with van der Waals surface area (Å²) in [4.78, 5) is 11.8. The van der Waals surface area contributed by atoms with Crippen molar-refractivity contribution in [3.8, 4) is 10.7 Å². The Labute approximate surface area is 271 Å². The van der Waals surface area contributed by atoms with Crippen LogP contribution in [0.2, 0.25) is 5.04 Å². The highest BCUT2D eigenvalue weighted by atomic mass is 32.2. The van der Waals surface area contributed by atoms with Gasteiger partial charge in [-0.3, -0.25) is 4.98 Å². The molecule has 0 spiro atoms. The quantitative estimate of drug-likeness (QED) is 0.102. The van der Waals surface area contributed by atoms with Crippen LogP contribution in [0.25, 0.3) is 10.7 Å². The molecule has 0 aliphatic rings. The molecular weight excluding hydrogens is 617 g/mol. The van der Waals surface area contributed by atoms with Crippen molar-refractivity contribution in [3.63, 3.8) is 0 Å². The first-order valence-corrected chi connectivity index (χ1v) is 19.1. The molecule has 3 aromatic carbocycles. The van der Waals surface area contributed by atoms with Gasteiger partial charge >= 0.3 is 0 Å². The summed E-state index contributed by atoms with van der Waals surface area (Å²) in [5, 5.41) is 9.12. The van der Waals surface area contributed by atoms with E-state index in [1.807, 2.05) is 24.6 Å². The van der Waals surface area contributed by atoms with E-state index >= 15 is 0 Å². The second-order valence-corrected chi connectivity index (χ2v) is 18.8. The zero-order chi connectivity index (χ0) is 32.1. The molecule has 0 bridgehead atoms. The Kier molecular flexibility index (Phi) is 9.78. The molecule has 0 radical (unpaired) electrons. The van der Waals surface area contributed by atoms with E-state index in [2.05, 4.69) is 107 Å². The van der Waals surface area contributed by atoms with Gasteiger partial charge in [0.15, 0.2) is 0 Å². The summed E-state index contributed by atoms with van der Waals surface area (Å²) >= 11 is 1.44. The predicted octanol–water partition coefficient (Wildman–Crippen LogP) is 6.34. The fourth-order valence-corrected chi connectivity index (χ4v) is 11.6. The monoisotopic (exact) mass is 654 g/mol. The molecule has 0 amide bonds. The Balaban J connectivity index is 1.27. The summed E-state index contributed by atoms with van der Waals surface area (Å²) in [5.41, 5.74) is 3.86. The number of aromatic nitrogens is 2. The number of aryl methyl sites for hydroxylation is 1. The normalized spacial score (nSPS) is 12.7. The van der Waals surface area contributed by atoms with Gasteiger partial charge in [0, 0.05) is 18.2 Å². The first kappa shape index (κ1) is 32.4. The van der Waals surface area contributed by atoms with Crippen molar-refractivity contribution >= 4 is 45.8 Å². The molecule has 0 saturated carbocycles. The highest BCUT2D eigenvalue weighted by molar-refractivity contribution is 7.89. The molecule has 7 nitrogen and oxygen atoms in total. The molecule has 2 heterocycles. The summed E-state index contributed by atoms with van der Waals surface area (Å²) < 4.78 is 32.3. The van der Waals surface area contributed by atoms with Crippen molar-refractivity contribution in [2.45, 2.75) is 51.0 Å². The zero-order valence-electron chi connectivity index (χ0n) is 26.2. The first-order valence-electron chi connectivity index (χ1n) is 14.8. The van der Waals surface area contributed by atoms with E-state index in [0.717, 1.165) is 28.2 Å². The number of hydrazone groups is 1. The maximum absolute atomic E-state index is 12.6. The Bertz CT molecular complexity index is 1810. The number of benzene rings is 3. The third kappa shape index (κ3) is 7.31. The second kappa shape index (κ2) is 13.6. The molecule has 1 N–H and O–H groups in total. The van der Waals surface area contributed by atoms with Crippen molar-refractivity contribution in [1.29, 1.82) is 0 Å². The number of sulfonamides is 1. The van der Waals surface area contributed by atoms with Crippen LogP contribution >= 0.6 is 11.3 Å². The minimum Gasteiger partial charge on any atom is -0.407 e. The fraction of sp³-hybridized carbons (Fsp3) is 0.229. The lowest BCUT2D eigenvalue weighted by Crippen LogP contribution is -2.66. The van der Waals surface area contributed by atoms with Gasteiger partial charge in [-0.25, -0.2) is 4.98 Å². The summed E-state index contributed by atoms with van der Waals surface area (Å²) in [6.07, 6.45) is 2.61. The minimum absolute atomic E-state index is 0.0812. The summed E-state index contributed by atoms with van der Waals surface area (Å²) in [6.45, 7) is 11.0. The van der Waals surface area contributed by atoms with Crippen LogP contribution in [0.1, 0.15) is 44.5 Å². The molecule has 0 aliphatic carbocycles. The van der Waals surface area contributed by atoms with Gasteiger partial charge in [0.1, 0.15) is 5.01 Å². The van der Waals surface area contributed by atoms with Crippen molar-refractivity contribution in [2.24, 2.45) is 5.10 Å². The molecule has 45 heavy (non-hydrogen) atoms. The summed E-state index contributed by atoms with van der Waals surface area (Å²) in [7, 11) is -6.37. The maximum Gasteiger partial charge on any atom is 0.276 e. The number of hydrogen-bond donors (Lipinski definition) is 1. The van der Waals surface area contributed by atoms with Gasteiger partial charge in [-0.1, -0.05) is 105 Å². The van der Waals surface area contributed by atoms with Crippen LogP contribution in [-0.2, 0) is 20.9 Å². The largest absolute Gasteiger partial charge is 0.407 e. The van der Waals surface area contributed by atoms with Gasteiger partial charge in [-0.15, -0.1) is 11.3 Å². The minimum atomic E-state index is -3.77. The van der Waals surface area contributed by atoms with E-state index in [1.165, 1.54) is 21.7 Å². The van der Waals surface area contributed by atoms with Crippen LogP contribution in [-0.4, -0.2) is 39.0 Å². The molecule has 232 valence electrons. The number of nitrogens with zero attached hydrogens (tertiary/aromatic N) is 3.